The summed E-state index contributed by atoms with van der Waals surface area (Å²) in [7, 11) is 0. The average Bonchev–Trinajstić information content (AvgIpc) is 3.10. The van der Waals surface area contributed by atoms with Crippen LogP contribution in [0.15, 0.2) is 36.5 Å². The summed E-state index contributed by atoms with van der Waals surface area (Å²) in [5, 5.41) is 18.5. The molecule has 0 saturated carbocycles. The molecule has 0 spiro atoms. The molecule has 1 aromatic heterocycles. The third-order valence-electron chi connectivity index (χ3n) is 3.61. The van der Waals surface area contributed by atoms with Crippen LogP contribution in [0.2, 0.25) is 0 Å². The highest BCUT2D eigenvalue weighted by Crippen LogP contribution is 2.20. The molecule has 0 bridgehead atoms. The first-order valence-corrected chi connectivity index (χ1v) is 8.46. The van der Waals surface area contributed by atoms with Crippen molar-refractivity contribution < 1.29 is 19.5 Å². The maximum absolute atomic E-state index is 12.1. The van der Waals surface area contributed by atoms with Crippen molar-refractivity contribution in [2.45, 2.75) is 32.6 Å². The number of nitrogens with one attached hydrogen (secondary N) is 2. The first-order valence-electron chi connectivity index (χ1n) is 8.46. The summed E-state index contributed by atoms with van der Waals surface area (Å²) >= 11 is 0. The quantitative estimate of drug-likeness (QED) is 0.636. The van der Waals surface area contributed by atoms with Crippen molar-refractivity contribution in [1.29, 1.82) is 0 Å². The van der Waals surface area contributed by atoms with Gasteiger partial charge in [0.1, 0.15) is 0 Å². The van der Waals surface area contributed by atoms with E-state index in [4.69, 9.17) is 5.11 Å². The van der Waals surface area contributed by atoms with Gasteiger partial charge in [-0.25, -0.2) is 9.48 Å². The van der Waals surface area contributed by atoms with Gasteiger partial charge in [0.15, 0.2) is 5.69 Å². The van der Waals surface area contributed by atoms with E-state index < -0.39 is 5.97 Å². The van der Waals surface area contributed by atoms with Crippen molar-refractivity contribution in [2.75, 3.05) is 11.9 Å². The zero-order valence-electron chi connectivity index (χ0n) is 14.6. The molecule has 0 atom stereocenters. The SMILES string of the molecule is CCCNC(=O)CCCC(=O)Nc1ccccc1-n1ccc(C(=O)O)n1. The van der Waals surface area contributed by atoms with Crippen LogP contribution in [0.1, 0.15) is 43.1 Å². The van der Waals surface area contributed by atoms with Gasteiger partial charge in [-0.1, -0.05) is 19.1 Å². The molecule has 0 fully saturated rings. The highest BCUT2D eigenvalue weighted by Gasteiger charge is 2.12. The topological polar surface area (TPSA) is 113 Å². The Kier molecular flexibility index (Phi) is 6.90. The molecule has 0 aliphatic heterocycles. The Morgan fingerprint density at radius 3 is 2.54 bits per heavy atom. The Balaban J connectivity index is 1.96. The van der Waals surface area contributed by atoms with Gasteiger partial charge < -0.3 is 15.7 Å². The molecule has 0 saturated heterocycles. The van der Waals surface area contributed by atoms with Gasteiger partial charge in [-0.3, -0.25) is 9.59 Å². The van der Waals surface area contributed by atoms with Crippen LogP contribution in [-0.4, -0.2) is 39.2 Å². The van der Waals surface area contributed by atoms with E-state index in [1.54, 1.807) is 24.3 Å². The van der Waals surface area contributed by atoms with E-state index in [0.717, 1.165) is 6.42 Å². The number of para-hydroxylation sites is 2. The predicted molar refractivity (Wildman–Crippen MR) is 96.3 cm³/mol. The summed E-state index contributed by atoms with van der Waals surface area (Å²) in [5.41, 5.74) is 1.01. The Labute approximate surface area is 151 Å². The van der Waals surface area contributed by atoms with Crippen LogP contribution in [0.4, 0.5) is 5.69 Å². The number of rotatable bonds is 9. The van der Waals surface area contributed by atoms with E-state index >= 15 is 0 Å². The maximum Gasteiger partial charge on any atom is 0.356 e. The molecule has 8 nitrogen and oxygen atoms in total. The lowest BCUT2D eigenvalue weighted by molar-refractivity contribution is -0.121. The van der Waals surface area contributed by atoms with Gasteiger partial charge in [-0.2, -0.15) is 5.10 Å². The Morgan fingerprint density at radius 2 is 1.85 bits per heavy atom. The predicted octanol–water partition coefficient (Wildman–Crippen LogP) is 2.21. The molecule has 3 N–H and O–H groups in total. The lowest BCUT2D eigenvalue weighted by Gasteiger charge is -2.11. The molecule has 0 aliphatic rings. The summed E-state index contributed by atoms with van der Waals surface area (Å²) in [6.45, 7) is 2.62. The average molecular weight is 358 g/mol. The van der Waals surface area contributed by atoms with Gasteiger partial charge in [0.25, 0.3) is 0 Å². The third-order valence-corrected chi connectivity index (χ3v) is 3.61. The zero-order valence-corrected chi connectivity index (χ0v) is 14.6. The van der Waals surface area contributed by atoms with E-state index in [1.807, 2.05) is 6.92 Å². The van der Waals surface area contributed by atoms with Gasteiger partial charge in [0.05, 0.1) is 11.4 Å². The number of amides is 2. The van der Waals surface area contributed by atoms with Gasteiger partial charge in [-0.05, 0) is 31.0 Å². The minimum atomic E-state index is -1.12. The summed E-state index contributed by atoms with van der Waals surface area (Å²) < 4.78 is 1.40. The molecule has 0 aliphatic carbocycles. The second-order valence-corrected chi connectivity index (χ2v) is 5.72. The summed E-state index contributed by atoms with van der Waals surface area (Å²) in [5.74, 6) is -1.39. The van der Waals surface area contributed by atoms with Crippen molar-refractivity contribution in [2.24, 2.45) is 0 Å². The standard InChI is InChI=1S/C18H22N4O4/c1-2-11-19-16(23)8-5-9-17(24)20-13-6-3-4-7-15(13)22-12-10-14(21-22)18(25)26/h3-4,6-7,10,12H,2,5,8-9,11H2,1H3,(H,19,23)(H,20,24)(H,25,26). The molecule has 0 radical (unpaired) electrons. The van der Waals surface area contributed by atoms with Crippen LogP contribution >= 0.6 is 0 Å². The number of aromatic nitrogens is 2. The van der Waals surface area contributed by atoms with Crippen LogP contribution in [0, 0.1) is 0 Å². The van der Waals surface area contributed by atoms with Crippen molar-refractivity contribution in [3.8, 4) is 5.69 Å². The van der Waals surface area contributed by atoms with Crippen molar-refractivity contribution in [3.05, 3.63) is 42.2 Å². The summed E-state index contributed by atoms with van der Waals surface area (Å²) in [6.07, 6.45) is 3.37. The second-order valence-electron chi connectivity index (χ2n) is 5.72. The lowest BCUT2D eigenvalue weighted by atomic mass is 10.2. The van der Waals surface area contributed by atoms with E-state index in [0.29, 0.717) is 30.8 Å². The number of carbonyl (C=O) groups is 3. The highest BCUT2D eigenvalue weighted by atomic mass is 16.4. The molecule has 1 aromatic carbocycles. The molecular weight excluding hydrogens is 336 g/mol. The molecular formula is C18H22N4O4. The van der Waals surface area contributed by atoms with Crippen LogP contribution in [0.5, 0.6) is 0 Å². The number of hydrogen-bond donors (Lipinski definition) is 3. The molecule has 2 amide bonds. The Hall–Kier alpha value is -3.16. The van der Waals surface area contributed by atoms with Crippen molar-refractivity contribution >= 4 is 23.5 Å². The largest absolute Gasteiger partial charge is 0.476 e. The molecule has 8 heteroatoms. The zero-order chi connectivity index (χ0) is 18.9. The molecule has 2 rings (SSSR count). The smallest absolute Gasteiger partial charge is 0.356 e. The van der Waals surface area contributed by atoms with Crippen molar-refractivity contribution in [1.82, 2.24) is 15.1 Å². The number of hydrogen-bond acceptors (Lipinski definition) is 4. The molecule has 138 valence electrons. The minimum Gasteiger partial charge on any atom is -0.476 e. The van der Waals surface area contributed by atoms with Gasteiger partial charge >= 0.3 is 5.97 Å². The summed E-state index contributed by atoms with van der Waals surface area (Å²) in [6, 6.07) is 8.36. The normalized spacial score (nSPS) is 10.3. The number of carbonyl (C=O) groups excluding carboxylic acids is 2. The molecule has 1 heterocycles. The fourth-order valence-electron chi connectivity index (χ4n) is 2.33. The van der Waals surface area contributed by atoms with Gasteiger partial charge in [-0.15, -0.1) is 0 Å². The first-order chi connectivity index (χ1) is 12.5. The number of nitrogens with zero attached hydrogens (tertiary/aromatic N) is 2. The summed E-state index contributed by atoms with van der Waals surface area (Å²) in [4.78, 5) is 34.6. The van der Waals surface area contributed by atoms with Gasteiger partial charge in [0.2, 0.25) is 11.8 Å². The number of anilines is 1. The molecule has 26 heavy (non-hydrogen) atoms. The van der Waals surface area contributed by atoms with E-state index in [1.165, 1.54) is 16.9 Å². The fraction of sp³-hybridized carbons (Fsp3) is 0.333. The second kappa shape index (κ2) is 9.36. The van der Waals surface area contributed by atoms with Crippen LogP contribution in [0.25, 0.3) is 5.69 Å². The fourth-order valence-corrected chi connectivity index (χ4v) is 2.33. The molecule has 2 aromatic rings. The van der Waals surface area contributed by atoms with Crippen LogP contribution < -0.4 is 10.6 Å². The van der Waals surface area contributed by atoms with E-state index in [9.17, 15) is 14.4 Å². The van der Waals surface area contributed by atoms with Crippen molar-refractivity contribution in [3.63, 3.8) is 0 Å². The number of benzene rings is 1. The van der Waals surface area contributed by atoms with E-state index in [-0.39, 0.29) is 23.9 Å². The minimum absolute atomic E-state index is 0.0576. The first kappa shape index (κ1) is 19.2. The monoisotopic (exact) mass is 358 g/mol. The number of aromatic carboxylic acids is 1. The highest BCUT2D eigenvalue weighted by molar-refractivity contribution is 5.93. The van der Waals surface area contributed by atoms with Gasteiger partial charge in [0, 0.05) is 25.6 Å². The van der Waals surface area contributed by atoms with Crippen LogP contribution in [0.3, 0.4) is 0 Å². The lowest BCUT2D eigenvalue weighted by Crippen LogP contribution is -2.24. The number of carboxylic acids is 1. The third kappa shape index (κ3) is 5.44. The Morgan fingerprint density at radius 1 is 1.12 bits per heavy atom. The van der Waals surface area contributed by atoms with E-state index in [2.05, 4.69) is 15.7 Å². The molecule has 0 unspecified atom stereocenters. The maximum atomic E-state index is 12.1. The Bertz CT molecular complexity index is 785. The van der Waals surface area contributed by atoms with Crippen LogP contribution in [-0.2, 0) is 9.59 Å². The number of carboxylic acid groups (broad SMARTS) is 1.